The third-order valence-corrected chi connectivity index (χ3v) is 6.32. The highest BCUT2D eigenvalue weighted by molar-refractivity contribution is 6.00. The Hall–Kier alpha value is -3.73. The number of nitro groups is 1. The van der Waals surface area contributed by atoms with E-state index in [2.05, 4.69) is 4.90 Å². The molecule has 11 nitrogen and oxygen atoms in total. The molecule has 0 N–H and O–H groups in total. The Morgan fingerprint density at radius 2 is 1.66 bits per heavy atom. The SMILES string of the molecule is COC(=O)CN1C(C)=C(C(=O)OC)C(c2cccc([N+](=O)[O-])c2)C(C(=O)OC)=C1CN1CCCC1. The van der Waals surface area contributed by atoms with E-state index in [1.54, 1.807) is 17.9 Å². The van der Waals surface area contributed by atoms with Crippen molar-refractivity contribution in [3.05, 3.63) is 62.5 Å². The van der Waals surface area contributed by atoms with Crippen molar-refractivity contribution in [1.29, 1.82) is 0 Å². The summed E-state index contributed by atoms with van der Waals surface area (Å²) < 4.78 is 15.0. The van der Waals surface area contributed by atoms with Crippen LogP contribution in [0.1, 0.15) is 31.2 Å². The standard InChI is InChI=1S/C24H29N3O8/c1-15-20(23(29)34-3)21(16-8-7-9-17(12-16)27(31)32)22(24(30)35-4)18(13-25-10-5-6-11-25)26(15)14-19(28)33-2/h7-9,12,21H,5-6,10-11,13-14H2,1-4H3. The molecule has 2 aliphatic heterocycles. The maximum absolute atomic E-state index is 13.3. The number of nitro benzene ring substituents is 1. The highest BCUT2D eigenvalue weighted by atomic mass is 16.6. The summed E-state index contributed by atoms with van der Waals surface area (Å²) in [5.74, 6) is -3.00. The fourth-order valence-electron chi connectivity index (χ4n) is 4.62. The van der Waals surface area contributed by atoms with Crippen LogP contribution in [0, 0.1) is 10.1 Å². The van der Waals surface area contributed by atoms with Gasteiger partial charge in [0.25, 0.3) is 5.69 Å². The molecule has 2 heterocycles. The lowest BCUT2D eigenvalue weighted by molar-refractivity contribution is -0.384. The first-order chi connectivity index (χ1) is 16.7. The van der Waals surface area contributed by atoms with Crippen LogP contribution in [0.4, 0.5) is 5.69 Å². The quantitative estimate of drug-likeness (QED) is 0.233. The number of carbonyl (C=O) groups excluding carboxylic acids is 3. The maximum atomic E-state index is 13.3. The zero-order valence-corrected chi connectivity index (χ0v) is 20.2. The Morgan fingerprint density at radius 1 is 1.03 bits per heavy atom. The van der Waals surface area contributed by atoms with Crippen molar-refractivity contribution in [1.82, 2.24) is 9.80 Å². The van der Waals surface area contributed by atoms with Crippen LogP contribution in [0.2, 0.25) is 0 Å². The molecule has 1 unspecified atom stereocenters. The van der Waals surface area contributed by atoms with Crippen molar-refractivity contribution in [2.45, 2.75) is 25.7 Å². The van der Waals surface area contributed by atoms with Gasteiger partial charge in [0.2, 0.25) is 0 Å². The van der Waals surface area contributed by atoms with Crippen LogP contribution in [0.5, 0.6) is 0 Å². The van der Waals surface area contributed by atoms with Gasteiger partial charge in [0.05, 0.1) is 43.3 Å². The minimum atomic E-state index is -0.999. The van der Waals surface area contributed by atoms with E-state index in [4.69, 9.17) is 14.2 Å². The molecule has 0 bridgehead atoms. The molecule has 0 spiro atoms. The van der Waals surface area contributed by atoms with Crippen LogP contribution in [-0.2, 0) is 28.6 Å². The number of esters is 3. The third-order valence-electron chi connectivity index (χ3n) is 6.32. The first kappa shape index (κ1) is 25.9. The van der Waals surface area contributed by atoms with E-state index in [1.807, 2.05) is 0 Å². The fourth-order valence-corrected chi connectivity index (χ4v) is 4.62. The van der Waals surface area contributed by atoms with Gasteiger partial charge in [-0.3, -0.25) is 19.8 Å². The van der Waals surface area contributed by atoms with E-state index < -0.39 is 28.7 Å². The number of methoxy groups -OCH3 is 3. The summed E-state index contributed by atoms with van der Waals surface area (Å²) >= 11 is 0. The fraction of sp³-hybridized carbons (Fsp3) is 0.458. The number of rotatable bonds is 8. The van der Waals surface area contributed by atoms with Crippen LogP contribution in [0.15, 0.2) is 46.8 Å². The number of allylic oxidation sites excluding steroid dienone is 1. The van der Waals surface area contributed by atoms with E-state index in [0.29, 0.717) is 23.5 Å². The summed E-state index contributed by atoms with van der Waals surface area (Å²) in [6.45, 7) is 3.33. The number of nitrogens with zero attached hydrogens (tertiary/aromatic N) is 3. The zero-order valence-electron chi connectivity index (χ0n) is 20.2. The molecule has 188 valence electrons. The molecule has 0 saturated carbocycles. The summed E-state index contributed by atoms with van der Waals surface area (Å²) in [5.41, 5.74) is 1.24. The van der Waals surface area contributed by atoms with Gasteiger partial charge in [-0.15, -0.1) is 0 Å². The van der Waals surface area contributed by atoms with E-state index in [0.717, 1.165) is 25.9 Å². The molecule has 0 radical (unpaired) electrons. The molecule has 11 heteroatoms. The number of hydrogen-bond acceptors (Lipinski definition) is 10. The predicted molar refractivity (Wildman–Crippen MR) is 124 cm³/mol. The smallest absolute Gasteiger partial charge is 0.336 e. The normalized spacial score (nSPS) is 18.5. The number of likely N-dealkylation sites (tertiary alicyclic amines) is 1. The van der Waals surface area contributed by atoms with Gasteiger partial charge in [0.1, 0.15) is 6.54 Å². The summed E-state index contributed by atoms with van der Waals surface area (Å²) in [5, 5.41) is 11.5. The topological polar surface area (TPSA) is 129 Å². The minimum Gasteiger partial charge on any atom is -0.468 e. The number of ether oxygens (including phenoxy) is 3. The molecule has 1 fully saturated rings. The first-order valence-electron chi connectivity index (χ1n) is 11.1. The third kappa shape index (κ3) is 5.35. The van der Waals surface area contributed by atoms with E-state index >= 15 is 0 Å². The van der Waals surface area contributed by atoms with Crippen LogP contribution < -0.4 is 0 Å². The van der Waals surface area contributed by atoms with Crippen molar-refractivity contribution < 1.29 is 33.5 Å². The second-order valence-electron chi connectivity index (χ2n) is 8.27. The van der Waals surface area contributed by atoms with E-state index in [9.17, 15) is 24.5 Å². The maximum Gasteiger partial charge on any atom is 0.336 e. The monoisotopic (exact) mass is 487 g/mol. The Morgan fingerprint density at radius 3 is 2.23 bits per heavy atom. The second kappa shape index (κ2) is 11.1. The Kier molecular flexibility index (Phi) is 8.23. The molecule has 1 saturated heterocycles. The van der Waals surface area contributed by atoms with Gasteiger partial charge in [0.15, 0.2) is 0 Å². The van der Waals surface area contributed by atoms with Crippen LogP contribution in [0.25, 0.3) is 0 Å². The predicted octanol–water partition coefficient (Wildman–Crippen LogP) is 2.14. The average Bonchev–Trinajstić information content (AvgIpc) is 3.38. The van der Waals surface area contributed by atoms with Crippen LogP contribution in [0.3, 0.4) is 0 Å². The van der Waals surface area contributed by atoms with Gasteiger partial charge >= 0.3 is 17.9 Å². The van der Waals surface area contributed by atoms with E-state index in [-0.39, 0.29) is 23.4 Å². The molecular weight excluding hydrogens is 458 g/mol. The molecule has 3 rings (SSSR count). The molecule has 35 heavy (non-hydrogen) atoms. The lowest BCUT2D eigenvalue weighted by atomic mass is 9.79. The van der Waals surface area contributed by atoms with Gasteiger partial charge in [-0.25, -0.2) is 9.59 Å². The minimum absolute atomic E-state index is 0.0856. The number of benzene rings is 1. The Balaban J connectivity index is 2.32. The van der Waals surface area contributed by atoms with Crippen molar-refractivity contribution in [3.8, 4) is 0 Å². The van der Waals surface area contributed by atoms with E-state index in [1.165, 1.54) is 39.5 Å². The van der Waals surface area contributed by atoms with Gasteiger partial charge in [-0.2, -0.15) is 0 Å². The second-order valence-corrected chi connectivity index (χ2v) is 8.27. The number of carbonyl (C=O) groups is 3. The highest BCUT2D eigenvalue weighted by Crippen LogP contribution is 2.44. The van der Waals surface area contributed by atoms with Gasteiger partial charge < -0.3 is 19.1 Å². The van der Waals surface area contributed by atoms with Crippen molar-refractivity contribution >= 4 is 23.6 Å². The Labute approximate surface area is 203 Å². The summed E-state index contributed by atoms with van der Waals surface area (Å²) in [4.78, 5) is 53.3. The van der Waals surface area contributed by atoms with Crippen molar-refractivity contribution in [2.75, 3.05) is 47.5 Å². The molecular formula is C24H29N3O8. The van der Waals surface area contributed by atoms with Crippen LogP contribution in [-0.4, -0.2) is 80.1 Å². The molecule has 1 aromatic rings. The average molecular weight is 488 g/mol. The lowest BCUT2D eigenvalue weighted by Gasteiger charge is -2.39. The Bertz CT molecular complexity index is 1090. The zero-order chi connectivity index (χ0) is 25.7. The summed E-state index contributed by atoms with van der Waals surface area (Å²) in [7, 11) is 3.68. The van der Waals surface area contributed by atoms with Crippen LogP contribution >= 0.6 is 0 Å². The lowest BCUT2D eigenvalue weighted by Crippen LogP contribution is -2.42. The molecule has 0 aliphatic carbocycles. The first-order valence-corrected chi connectivity index (χ1v) is 11.1. The number of hydrogen-bond donors (Lipinski definition) is 0. The largest absolute Gasteiger partial charge is 0.468 e. The molecule has 1 aromatic carbocycles. The molecule has 0 aromatic heterocycles. The summed E-state index contributed by atoms with van der Waals surface area (Å²) in [6.07, 6.45) is 1.99. The van der Waals surface area contributed by atoms with Gasteiger partial charge in [-0.1, -0.05) is 12.1 Å². The number of non-ortho nitro benzene ring substituents is 1. The highest BCUT2D eigenvalue weighted by Gasteiger charge is 2.42. The van der Waals surface area contributed by atoms with Crippen molar-refractivity contribution in [3.63, 3.8) is 0 Å². The molecule has 0 amide bonds. The molecule has 2 aliphatic rings. The van der Waals surface area contributed by atoms with Gasteiger partial charge in [0, 0.05) is 30.1 Å². The summed E-state index contributed by atoms with van der Waals surface area (Å²) in [6, 6.07) is 5.76. The molecule has 1 atom stereocenters. The van der Waals surface area contributed by atoms with Gasteiger partial charge in [-0.05, 0) is 38.4 Å². The van der Waals surface area contributed by atoms with Crippen molar-refractivity contribution in [2.24, 2.45) is 0 Å².